The first-order chi connectivity index (χ1) is 11.9. The van der Waals surface area contributed by atoms with Crippen molar-refractivity contribution in [3.63, 3.8) is 0 Å². The number of β-lactam (4-membered cyclic amide) rings is 1. The van der Waals surface area contributed by atoms with E-state index in [0.717, 1.165) is 23.0 Å². The van der Waals surface area contributed by atoms with Crippen molar-refractivity contribution in [2.24, 2.45) is 22.1 Å². The number of carboxylic acid groups (broad SMARTS) is 1. The predicted molar refractivity (Wildman–Crippen MR) is 90.2 cm³/mol. The fourth-order valence-electron chi connectivity index (χ4n) is 3.50. The number of carboxylic acids is 1. The summed E-state index contributed by atoms with van der Waals surface area (Å²) >= 11 is 1.12. The van der Waals surface area contributed by atoms with E-state index in [1.807, 2.05) is 0 Å². The molecule has 10 heteroatoms. The lowest BCUT2D eigenvalue weighted by Gasteiger charge is -2.49. The zero-order valence-corrected chi connectivity index (χ0v) is 14.4. The Labute approximate surface area is 148 Å². The number of carbonyl (C=O) groups excluding carboxylic acids is 1. The van der Waals surface area contributed by atoms with E-state index in [0.29, 0.717) is 12.3 Å². The SMILES string of the molecule is CC(O)C1C(=O)N2C(C(=O)O)=C(SCCN=CN)C(C#N)(CCO)C12. The molecule has 9 nitrogen and oxygen atoms in total. The number of nitriles is 1. The van der Waals surface area contributed by atoms with E-state index in [2.05, 4.69) is 11.1 Å². The van der Waals surface area contributed by atoms with Gasteiger partial charge in [0.25, 0.3) is 0 Å². The second-order valence-electron chi connectivity index (χ2n) is 5.86. The van der Waals surface area contributed by atoms with Gasteiger partial charge in [-0.2, -0.15) is 5.26 Å². The minimum absolute atomic E-state index is 0.0273. The molecule has 0 aromatic carbocycles. The molecule has 2 aliphatic heterocycles. The smallest absolute Gasteiger partial charge is 0.353 e. The third-order valence-electron chi connectivity index (χ3n) is 4.51. The van der Waals surface area contributed by atoms with Crippen LogP contribution in [-0.4, -0.2) is 69.5 Å². The van der Waals surface area contributed by atoms with Gasteiger partial charge in [-0.25, -0.2) is 4.79 Å². The maximum absolute atomic E-state index is 12.4. The lowest BCUT2D eigenvalue weighted by molar-refractivity contribution is -0.165. The average molecular weight is 368 g/mol. The minimum Gasteiger partial charge on any atom is -0.477 e. The summed E-state index contributed by atoms with van der Waals surface area (Å²) in [6, 6.07) is 1.32. The molecule has 0 radical (unpaired) electrons. The number of aliphatic carboxylic acids is 1. The molecular weight excluding hydrogens is 348 g/mol. The molecule has 0 saturated carbocycles. The number of hydrogen-bond donors (Lipinski definition) is 4. The fraction of sp³-hybridized carbons (Fsp3) is 0.600. The van der Waals surface area contributed by atoms with Gasteiger partial charge in [0.1, 0.15) is 11.1 Å². The number of carbonyl (C=O) groups is 2. The summed E-state index contributed by atoms with van der Waals surface area (Å²) in [4.78, 5) is 29.3. The molecule has 2 aliphatic rings. The Hall–Kier alpha value is -2.09. The minimum atomic E-state index is -1.37. The van der Waals surface area contributed by atoms with Gasteiger partial charge in [-0.05, 0) is 13.3 Å². The molecule has 2 rings (SSSR count). The molecule has 0 aromatic heterocycles. The van der Waals surface area contributed by atoms with Gasteiger partial charge in [-0.3, -0.25) is 14.7 Å². The van der Waals surface area contributed by atoms with Crippen molar-refractivity contribution in [1.82, 2.24) is 4.90 Å². The monoisotopic (exact) mass is 368 g/mol. The fourth-order valence-corrected chi connectivity index (χ4v) is 4.74. The highest BCUT2D eigenvalue weighted by molar-refractivity contribution is 8.03. The van der Waals surface area contributed by atoms with Crippen molar-refractivity contribution < 1.29 is 24.9 Å². The number of aliphatic imine (C=N–C) groups is 1. The zero-order valence-electron chi connectivity index (χ0n) is 13.6. The van der Waals surface area contributed by atoms with E-state index in [1.54, 1.807) is 0 Å². The molecule has 136 valence electrons. The molecule has 0 aromatic rings. The molecule has 0 aliphatic carbocycles. The molecule has 25 heavy (non-hydrogen) atoms. The molecule has 0 spiro atoms. The number of fused-ring (bicyclic) bond motifs is 1. The molecule has 1 saturated heterocycles. The van der Waals surface area contributed by atoms with Crippen LogP contribution in [0, 0.1) is 22.7 Å². The summed E-state index contributed by atoms with van der Waals surface area (Å²) < 4.78 is 0. The number of thioether (sulfide) groups is 1. The molecule has 1 amide bonds. The summed E-state index contributed by atoms with van der Waals surface area (Å²) in [6.45, 7) is 1.40. The van der Waals surface area contributed by atoms with Gasteiger partial charge in [0.2, 0.25) is 5.91 Å². The van der Waals surface area contributed by atoms with Crippen molar-refractivity contribution in [2.45, 2.75) is 25.5 Å². The normalized spacial score (nSPS) is 29.5. The largest absolute Gasteiger partial charge is 0.477 e. The second-order valence-corrected chi connectivity index (χ2v) is 6.97. The first-order valence-electron chi connectivity index (χ1n) is 7.71. The van der Waals surface area contributed by atoms with Crippen LogP contribution in [0.15, 0.2) is 15.6 Å². The van der Waals surface area contributed by atoms with E-state index in [-0.39, 0.29) is 23.6 Å². The summed E-state index contributed by atoms with van der Waals surface area (Å²) in [6.07, 6.45) is 0.0783. The van der Waals surface area contributed by atoms with Gasteiger partial charge in [0.15, 0.2) is 0 Å². The number of nitrogens with two attached hydrogens (primary N) is 1. The average Bonchev–Trinajstić information content (AvgIpc) is 2.79. The van der Waals surface area contributed by atoms with Crippen LogP contribution >= 0.6 is 11.8 Å². The van der Waals surface area contributed by atoms with E-state index in [4.69, 9.17) is 5.73 Å². The topological polar surface area (TPSA) is 160 Å². The Morgan fingerprint density at radius 2 is 2.32 bits per heavy atom. The van der Waals surface area contributed by atoms with Crippen molar-refractivity contribution in [3.8, 4) is 6.07 Å². The van der Waals surface area contributed by atoms with Gasteiger partial charge in [-0.15, -0.1) is 11.8 Å². The number of aliphatic hydroxyl groups is 2. The molecule has 0 bridgehead atoms. The summed E-state index contributed by atoms with van der Waals surface area (Å²) in [7, 11) is 0. The maximum Gasteiger partial charge on any atom is 0.353 e. The lowest BCUT2D eigenvalue weighted by atomic mass is 9.68. The lowest BCUT2D eigenvalue weighted by Crippen LogP contribution is -2.66. The maximum atomic E-state index is 12.4. The quantitative estimate of drug-likeness (QED) is 0.186. The molecule has 2 heterocycles. The number of nitrogens with zero attached hydrogens (tertiary/aromatic N) is 3. The molecule has 4 atom stereocenters. The summed E-state index contributed by atoms with van der Waals surface area (Å²) in [5.74, 6) is -2.35. The van der Waals surface area contributed by atoms with E-state index < -0.39 is 35.4 Å². The van der Waals surface area contributed by atoms with Crippen LogP contribution in [0.4, 0.5) is 0 Å². The standard InChI is InChI=1S/C15H20N4O5S/c1-8(21)9-11-15(6-16,2-4-20)12(25-5-3-18-7-17)10(14(23)24)19(11)13(9)22/h7-9,11,20-21H,2-5H2,1H3,(H2,17,18)(H,23,24). The second kappa shape index (κ2) is 7.43. The highest BCUT2D eigenvalue weighted by Crippen LogP contribution is 2.58. The van der Waals surface area contributed by atoms with Crippen molar-refractivity contribution in [2.75, 3.05) is 18.9 Å². The van der Waals surface area contributed by atoms with Crippen molar-refractivity contribution in [3.05, 3.63) is 10.6 Å². The van der Waals surface area contributed by atoms with Crippen molar-refractivity contribution >= 4 is 30.0 Å². The summed E-state index contributed by atoms with van der Waals surface area (Å²) in [5, 5.41) is 38.8. The van der Waals surface area contributed by atoms with Crippen LogP contribution in [0.1, 0.15) is 13.3 Å². The molecule has 1 fully saturated rings. The first kappa shape index (κ1) is 19.2. The van der Waals surface area contributed by atoms with Gasteiger partial charge >= 0.3 is 5.97 Å². The summed E-state index contributed by atoms with van der Waals surface area (Å²) in [5.41, 5.74) is 3.56. The van der Waals surface area contributed by atoms with Gasteiger partial charge in [0, 0.05) is 17.3 Å². The third-order valence-corrected chi connectivity index (χ3v) is 5.74. The zero-order chi connectivity index (χ0) is 18.8. The van der Waals surface area contributed by atoms with E-state index in [1.165, 1.54) is 6.92 Å². The first-order valence-corrected chi connectivity index (χ1v) is 8.70. The van der Waals surface area contributed by atoms with Crippen LogP contribution in [0.2, 0.25) is 0 Å². The van der Waals surface area contributed by atoms with Crippen LogP contribution in [0.3, 0.4) is 0 Å². The Morgan fingerprint density at radius 3 is 2.80 bits per heavy atom. The Balaban J connectivity index is 2.51. The van der Waals surface area contributed by atoms with Crippen LogP contribution in [0.25, 0.3) is 0 Å². The van der Waals surface area contributed by atoms with Gasteiger partial charge in [-0.1, -0.05) is 0 Å². The number of rotatable bonds is 8. The number of hydrogen-bond acceptors (Lipinski definition) is 7. The number of amides is 1. The predicted octanol–water partition coefficient (Wildman–Crippen LogP) is -0.883. The molecular formula is C15H20N4O5S. The molecule has 5 N–H and O–H groups in total. The van der Waals surface area contributed by atoms with Gasteiger partial charge < -0.3 is 21.1 Å². The Bertz CT molecular complexity index is 671. The van der Waals surface area contributed by atoms with E-state index in [9.17, 15) is 30.2 Å². The highest BCUT2D eigenvalue weighted by atomic mass is 32.2. The third kappa shape index (κ3) is 2.88. The van der Waals surface area contributed by atoms with Crippen LogP contribution in [-0.2, 0) is 9.59 Å². The van der Waals surface area contributed by atoms with E-state index >= 15 is 0 Å². The van der Waals surface area contributed by atoms with Gasteiger partial charge in [0.05, 0.1) is 37.0 Å². The molecule has 4 unspecified atom stereocenters. The van der Waals surface area contributed by atoms with Crippen LogP contribution in [0.5, 0.6) is 0 Å². The van der Waals surface area contributed by atoms with Crippen LogP contribution < -0.4 is 5.73 Å². The Kier molecular flexibility index (Phi) is 5.72. The Morgan fingerprint density at radius 1 is 1.64 bits per heavy atom. The highest BCUT2D eigenvalue weighted by Gasteiger charge is 2.68. The van der Waals surface area contributed by atoms with Crippen molar-refractivity contribution in [1.29, 1.82) is 5.26 Å². The number of aliphatic hydroxyl groups excluding tert-OH is 2.